The second kappa shape index (κ2) is 8.21. The summed E-state index contributed by atoms with van der Waals surface area (Å²) in [7, 11) is 0. The largest absolute Gasteiger partial charge is 0.416 e. The first-order valence-electron chi connectivity index (χ1n) is 7.86. The van der Waals surface area contributed by atoms with Crippen molar-refractivity contribution in [2.75, 3.05) is 19.6 Å². The van der Waals surface area contributed by atoms with E-state index in [2.05, 4.69) is 10.6 Å². The first-order valence-corrected chi connectivity index (χ1v) is 7.86. The Balaban J connectivity index is 0.00000288. The Morgan fingerprint density at radius 1 is 1.21 bits per heavy atom. The van der Waals surface area contributed by atoms with Crippen LogP contribution in [-0.2, 0) is 16.4 Å². The first kappa shape index (κ1) is 20.8. The van der Waals surface area contributed by atoms with E-state index in [0.717, 1.165) is 38.1 Å². The van der Waals surface area contributed by atoms with E-state index in [9.17, 15) is 18.0 Å². The molecule has 0 unspecified atom stereocenters. The average molecular weight is 365 g/mol. The van der Waals surface area contributed by atoms with E-state index in [1.165, 1.54) is 6.07 Å². The van der Waals surface area contributed by atoms with Crippen molar-refractivity contribution < 1.29 is 18.0 Å². The number of carbonyl (C=O) groups is 1. The summed E-state index contributed by atoms with van der Waals surface area (Å²) in [6, 6.07) is 5.31. The molecule has 24 heavy (non-hydrogen) atoms. The van der Waals surface area contributed by atoms with Gasteiger partial charge in [0.2, 0.25) is 5.91 Å². The van der Waals surface area contributed by atoms with Crippen molar-refractivity contribution in [3.8, 4) is 0 Å². The van der Waals surface area contributed by atoms with Crippen LogP contribution in [0.2, 0.25) is 0 Å². The minimum atomic E-state index is -4.36. The summed E-state index contributed by atoms with van der Waals surface area (Å²) in [4.78, 5) is 12.2. The molecule has 1 aliphatic rings. The van der Waals surface area contributed by atoms with Crippen LogP contribution in [0.3, 0.4) is 0 Å². The van der Waals surface area contributed by atoms with Gasteiger partial charge in [-0.1, -0.05) is 32.0 Å². The molecule has 1 saturated heterocycles. The maximum absolute atomic E-state index is 12.8. The number of hydrogen-bond acceptors (Lipinski definition) is 2. The van der Waals surface area contributed by atoms with Gasteiger partial charge >= 0.3 is 6.18 Å². The zero-order valence-electron chi connectivity index (χ0n) is 13.9. The van der Waals surface area contributed by atoms with E-state index < -0.39 is 17.2 Å². The number of rotatable bonds is 4. The van der Waals surface area contributed by atoms with Gasteiger partial charge in [0.1, 0.15) is 0 Å². The molecule has 0 aliphatic carbocycles. The molecular formula is C17H24ClF3N2O. The van der Waals surface area contributed by atoms with Crippen LogP contribution >= 0.6 is 12.4 Å². The SMILES string of the molecule is CC(C)(CNC(=O)C1CCNCC1)c1cccc(C(F)(F)F)c1.Cl. The molecule has 1 aliphatic heterocycles. The van der Waals surface area contributed by atoms with Crippen LogP contribution in [0.1, 0.15) is 37.8 Å². The van der Waals surface area contributed by atoms with Crippen LogP contribution in [0.25, 0.3) is 0 Å². The van der Waals surface area contributed by atoms with Gasteiger partial charge in [-0.3, -0.25) is 4.79 Å². The molecule has 0 aromatic heterocycles. The highest BCUT2D eigenvalue weighted by atomic mass is 35.5. The van der Waals surface area contributed by atoms with Crippen LogP contribution in [0.5, 0.6) is 0 Å². The van der Waals surface area contributed by atoms with Crippen molar-refractivity contribution in [2.45, 2.75) is 38.3 Å². The number of amides is 1. The van der Waals surface area contributed by atoms with Crippen LogP contribution in [0.15, 0.2) is 24.3 Å². The summed E-state index contributed by atoms with van der Waals surface area (Å²) < 4.78 is 38.5. The minimum absolute atomic E-state index is 0. The van der Waals surface area contributed by atoms with Gasteiger partial charge < -0.3 is 10.6 Å². The molecule has 1 aromatic carbocycles. The zero-order chi connectivity index (χ0) is 17.1. The van der Waals surface area contributed by atoms with Gasteiger partial charge in [0.25, 0.3) is 0 Å². The fourth-order valence-corrected chi connectivity index (χ4v) is 2.76. The third kappa shape index (κ3) is 5.38. The third-order valence-corrected chi connectivity index (χ3v) is 4.39. The topological polar surface area (TPSA) is 41.1 Å². The standard InChI is InChI=1S/C17H23F3N2O.ClH/c1-16(2,11-22-15(23)12-6-8-21-9-7-12)13-4-3-5-14(10-13)17(18,19)20;/h3-5,10,12,21H,6-9,11H2,1-2H3,(H,22,23);1H. The normalized spacial score (nSPS) is 16.4. The molecule has 1 heterocycles. The fourth-order valence-electron chi connectivity index (χ4n) is 2.76. The predicted molar refractivity (Wildman–Crippen MR) is 90.3 cm³/mol. The Morgan fingerprint density at radius 3 is 2.38 bits per heavy atom. The highest BCUT2D eigenvalue weighted by Gasteiger charge is 2.32. The van der Waals surface area contributed by atoms with Crippen LogP contribution in [0, 0.1) is 5.92 Å². The summed E-state index contributed by atoms with van der Waals surface area (Å²) in [5.41, 5.74) is -0.658. The maximum atomic E-state index is 12.8. The van der Waals surface area contributed by atoms with Crippen molar-refractivity contribution in [1.82, 2.24) is 10.6 Å². The molecule has 0 atom stereocenters. The quantitative estimate of drug-likeness (QED) is 0.858. The molecule has 136 valence electrons. The summed E-state index contributed by atoms with van der Waals surface area (Å²) >= 11 is 0. The highest BCUT2D eigenvalue weighted by molar-refractivity contribution is 5.85. The summed E-state index contributed by atoms with van der Waals surface area (Å²) in [6.45, 7) is 5.65. The molecule has 0 bridgehead atoms. The number of benzene rings is 1. The maximum Gasteiger partial charge on any atom is 0.416 e. The molecule has 1 aromatic rings. The number of hydrogen-bond donors (Lipinski definition) is 2. The Morgan fingerprint density at radius 2 is 1.79 bits per heavy atom. The monoisotopic (exact) mass is 364 g/mol. The molecule has 2 N–H and O–H groups in total. The van der Waals surface area contributed by atoms with Crippen molar-refractivity contribution in [1.29, 1.82) is 0 Å². The lowest BCUT2D eigenvalue weighted by Gasteiger charge is -2.28. The lowest BCUT2D eigenvalue weighted by atomic mass is 9.83. The fraction of sp³-hybridized carbons (Fsp3) is 0.588. The highest BCUT2D eigenvalue weighted by Crippen LogP contribution is 2.32. The van der Waals surface area contributed by atoms with Crippen molar-refractivity contribution in [3.63, 3.8) is 0 Å². The number of nitrogens with one attached hydrogen (secondary N) is 2. The molecule has 1 amide bonds. The van der Waals surface area contributed by atoms with E-state index in [0.29, 0.717) is 12.1 Å². The predicted octanol–water partition coefficient (Wildman–Crippen LogP) is 3.52. The second-order valence-electron chi connectivity index (χ2n) is 6.70. The van der Waals surface area contributed by atoms with Gasteiger partial charge in [-0.15, -0.1) is 12.4 Å². The van der Waals surface area contributed by atoms with Crippen LogP contribution in [0.4, 0.5) is 13.2 Å². The molecule has 1 fully saturated rings. The molecule has 0 saturated carbocycles. The molecule has 0 spiro atoms. The van der Waals surface area contributed by atoms with Crippen molar-refractivity contribution in [2.24, 2.45) is 5.92 Å². The number of halogens is 4. The second-order valence-corrected chi connectivity index (χ2v) is 6.70. The van der Waals surface area contributed by atoms with Gasteiger partial charge in [0.15, 0.2) is 0 Å². The lowest BCUT2D eigenvalue weighted by molar-refractivity contribution is -0.137. The van der Waals surface area contributed by atoms with E-state index >= 15 is 0 Å². The number of piperidine rings is 1. The van der Waals surface area contributed by atoms with Gasteiger partial charge in [0.05, 0.1) is 5.56 Å². The Labute approximate surface area is 146 Å². The Hall–Kier alpha value is -1.27. The lowest BCUT2D eigenvalue weighted by Crippen LogP contribution is -2.42. The summed E-state index contributed by atoms with van der Waals surface area (Å²) in [5.74, 6) is -0.0138. The summed E-state index contributed by atoms with van der Waals surface area (Å²) in [5, 5.41) is 6.10. The van der Waals surface area contributed by atoms with E-state index in [4.69, 9.17) is 0 Å². The number of alkyl halides is 3. The smallest absolute Gasteiger partial charge is 0.355 e. The average Bonchev–Trinajstić information content (AvgIpc) is 2.53. The van der Waals surface area contributed by atoms with Gasteiger partial charge in [-0.05, 0) is 37.6 Å². The zero-order valence-corrected chi connectivity index (χ0v) is 14.7. The van der Waals surface area contributed by atoms with Gasteiger partial charge in [-0.25, -0.2) is 0 Å². The van der Waals surface area contributed by atoms with E-state index in [1.54, 1.807) is 6.07 Å². The van der Waals surface area contributed by atoms with Crippen molar-refractivity contribution >= 4 is 18.3 Å². The molecule has 3 nitrogen and oxygen atoms in total. The van der Waals surface area contributed by atoms with Gasteiger partial charge in [0, 0.05) is 17.9 Å². The molecule has 7 heteroatoms. The van der Waals surface area contributed by atoms with Gasteiger partial charge in [-0.2, -0.15) is 13.2 Å². The Kier molecular flexibility index (Phi) is 7.10. The molecule has 0 radical (unpaired) electrons. The molecule has 2 rings (SSSR count). The van der Waals surface area contributed by atoms with Crippen LogP contribution < -0.4 is 10.6 Å². The third-order valence-electron chi connectivity index (χ3n) is 4.39. The van der Waals surface area contributed by atoms with Crippen LogP contribution in [-0.4, -0.2) is 25.5 Å². The van der Waals surface area contributed by atoms with E-state index in [1.807, 2.05) is 13.8 Å². The minimum Gasteiger partial charge on any atom is -0.355 e. The van der Waals surface area contributed by atoms with Crippen molar-refractivity contribution in [3.05, 3.63) is 35.4 Å². The molecular weight excluding hydrogens is 341 g/mol. The summed E-state index contributed by atoms with van der Waals surface area (Å²) in [6.07, 6.45) is -2.75. The Bertz CT molecular complexity index is 555. The first-order chi connectivity index (χ1) is 10.7. The number of carbonyl (C=O) groups excluding carboxylic acids is 1. The van der Waals surface area contributed by atoms with E-state index in [-0.39, 0.29) is 24.2 Å².